The first kappa shape index (κ1) is 20.2. The molecule has 1 aromatic heterocycles. The number of nitrogens with zero attached hydrogens (tertiary/aromatic N) is 5. The second-order valence-corrected chi connectivity index (χ2v) is 8.89. The van der Waals surface area contributed by atoms with Gasteiger partial charge in [-0.3, -0.25) is 14.2 Å². The van der Waals surface area contributed by atoms with E-state index in [9.17, 15) is 9.59 Å². The van der Waals surface area contributed by atoms with Crippen molar-refractivity contribution in [2.75, 3.05) is 31.9 Å². The molecule has 2 amide bonds. The molecule has 2 fully saturated rings. The number of aromatic nitrogens is 3. The average molecular weight is 434 g/mol. The zero-order chi connectivity index (χ0) is 20.4. The Labute approximate surface area is 179 Å². The predicted octanol–water partition coefficient (Wildman–Crippen LogP) is 2.79. The number of hydrogen-bond donors (Lipinski definition) is 0. The Bertz CT molecular complexity index is 906. The highest BCUT2D eigenvalue weighted by Gasteiger charge is 2.32. The van der Waals surface area contributed by atoms with E-state index in [0.29, 0.717) is 36.4 Å². The molecule has 1 aliphatic heterocycles. The third kappa shape index (κ3) is 4.43. The lowest BCUT2D eigenvalue weighted by Crippen LogP contribution is -2.53. The van der Waals surface area contributed by atoms with Crippen LogP contribution in [0.2, 0.25) is 5.02 Å². The van der Waals surface area contributed by atoms with Crippen molar-refractivity contribution < 1.29 is 9.59 Å². The summed E-state index contributed by atoms with van der Waals surface area (Å²) in [5.41, 5.74) is 1.87. The normalized spacial score (nSPS) is 17.3. The van der Waals surface area contributed by atoms with Gasteiger partial charge in [-0.1, -0.05) is 35.9 Å². The van der Waals surface area contributed by atoms with E-state index >= 15 is 0 Å². The number of carbonyl (C=O) groups excluding carboxylic acids is 2. The third-order valence-corrected chi connectivity index (χ3v) is 7.01. The minimum atomic E-state index is 0.0576. The van der Waals surface area contributed by atoms with Gasteiger partial charge < -0.3 is 9.80 Å². The van der Waals surface area contributed by atoms with Crippen molar-refractivity contribution in [3.63, 3.8) is 0 Å². The average Bonchev–Trinajstić information content (AvgIpc) is 3.15. The molecule has 154 valence electrons. The minimum absolute atomic E-state index is 0.0576. The van der Waals surface area contributed by atoms with Crippen molar-refractivity contribution in [1.82, 2.24) is 24.6 Å². The summed E-state index contributed by atoms with van der Waals surface area (Å²) in [6.45, 7) is 4.40. The van der Waals surface area contributed by atoms with Crippen LogP contribution in [-0.2, 0) is 9.59 Å². The number of aryl methyl sites for hydroxylation is 1. The Hall–Kier alpha value is -2.06. The monoisotopic (exact) mass is 433 g/mol. The zero-order valence-electron chi connectivity index (χ0n) is 16.4. The van der Waals surface area contributed by atoms with E-state index in [4.69, 9.17) is 11.6 Å². The van der Waals surface area contributed by atoms with E-state index in [1.165, 1.54) is 11.8 Å². The second kappa shape index (κ2) is 8.75. The van der Waals surface area contributed by atoms with Gasteiger partial charge in [-0.15, -0.1) is 10.2 Å². The number of piperazine rings is 1. The summed E-state index contributed by atoms with van der Waals surface area (Å²) in [5, 5.41) is 9.45. The molecule has 1 aromatic carbocycles. The Morgan fingerprint density at radius 3 is 2.55 bits per heavy atom. The summed E-state index contributed by atoms with van der Waals surface area (Å²) in [6, 6.07) is 5.76. The van der Waals surface area contributed by atoms with Crippen molar-refractivity contribution in [3.05, 3.63) is 35.1 Å². The van der Waals surface area contributed by atoms with E-state index in [2.05, 4.69) is 10.2 Å². The van der Waals surface area contributed by atoms with E-state index in [-0.39, 0.29) is 23.5 Å². The molecule has 1 saturated carbocycles. The first-order chi connectivity index (χ1) is 14.0. The van der Waals surface area contributed by atoms with Gasteiger partial charge in [0.25, 0.3) is 0 Å². The van der Waals surface area contributed by atoms with Crippen molar-refractivity contribution in [2.45, 2.75) is 31.3 Å². The van der Waals surface area contributed by atoms with Gasteiger partial charge in [0.15, 0.2) is 5.16 Å². The van der Waals surface area contributed by atoms with Crippen LogP contribution in [0.3, 0.4) is 0 Å². The highest BCUT2D eigenvalue weighted by Crippen LogP contribution is 2.29. The lowest BCUT2D eigenvalue weighted by Gasteiger charge is -2.38. The summed E-state index contributed by atoms with van der Waals surface area (Å²) in [4.78, 5) is 28.7. The Morgan fingerprint density at radius 2 is 1.90 bits per heavy atom. The van der Waals surface area contributed by atoms with E-state index < -0.39 is 0 Å². The highest BCUT2D eigenvalue weighted by atomic mass is 35.5. The summed E-state index contributed by atoms with van der Waals surface area (Å²) < 4.78 is 1.83. The van der Waals surface area contributed by atoms with Crippen molar-refractivity contribution in [1.29, 1.82) is 0 Å². The molecule has 0 unspecified atom stereocenters. The van der Waals surface area contributed by atoms with Gasteiger partial charge in [0, 0.05) is 37.1 Å². The molecule has 1 aliphatic carbocycles. The van der Waals surface area contributed by atoms with Crippen LogP contribution in [0.4, 0.5) is 0 Å². The van der Waals surface area contributed by atoms with E-state index in [1.807, 2.05) is 39.5 Å². The van der Waals surface area contributed by atoms with E-state index in [0.717, 1.165) is 30.5 Å². The molecule has 0 spiro atoms. The number of halogens is 1. The summed E-state index contributed by atoms with van der Waals surface area (Å²) in [6.07, 6.45) is 4.81. The molecule has 0 atom stereocenters. The Kier molecular flexibility index (Phi) is 6.10. The molecule has 0 bridgehead atoms. The minimum Gasteiger partial charge on any atom is -0.339 e. The Morgan fingerprint density at radius 1 is 1.17 bits per heavy atom. The molecule has 1 saturated heterocycles. The molecule has 0 radical (unpaired) electrons. The fraction of sp³-hybridized carbons (Fsp3) is 0.500. The molecular formula is C20H24ClN5O2S. The maximum absolute atomic E-state index is 12.6. The van der Waals surface area contributed by atoms with Crippen LogP contribution in [0.25, 0.3) is 5.69 Å². The fourth-order valence-corrected chi connectivity index (χ4v) is 4.55. The Balaban J connectivity index is 1.31. The molecule has 29 heavy (non-hydrogen) atoms. The molecule has 7 nitrogen and oxygen atoms in total. The molecule has 4 rings (SSSR count). The topological polar surface area (TPSA) is 71.3 Å². The van der Waals surface area contributed by atoms with Gasteiger partial charge in [-0.25, -0.2) is 0 Å². The number of carbonyl (C=O) groups is 2. The molecule has 2 aromatic rings. The van der Waals surface area contributed by atoms with Crippen LogP contribution < -0.4 is 0 Å². The van der Waals surface area contributed by atoms with Crippen LogP contribution in [0, 0.1) is 12.8 Å². The van der Waals surface area contributed by atoms with Crippen molar-refractivity contribution >= 4 is 35.2 Å². The standard InChI is InChI=1S/C20H24ClN5O2S/c1-14-5-6-16(11-17(14)21)26-13-22-23-20(26)29-12-18(27)24-7-9-25(10-8-24)19(28)15-3-2-4-15/h5-6,11,13,15H,2-4,7-10,12H2,1H3. The van der Waals surface area contributed by atoms with Gasteiger partial charge in [0.05, 0.1) is 11.4 Å². The maximum atomic E-state index is 12.6. The molecular weight excluding hydrogens is 410 g/mol. The lowest BCUT2D eigenvalue weighted by molar-refractivity contribution is -0.143. The van der Waals surface area contributed by atoms with Crippen LogP contribution in [0.5, 0.6) is 0 Å². The maximum Gasteiger partial charge on any atom is 0.233 e. The quantitative estimate of drug-likeness (QED) is 0.678. The molecule has 2 heterocycles. The molecule has 0 N–H and O–H groups in total. The van der Waals surface area contributed by atoms with Gasteiger partial charge in [0.1, 0.15) is 6.33 Å². The van der Waals surface area contributed by atoms with Crippen LogP contribution in [0.15, 0.2) is 29.7 Å². The zero-order valence-corrected chi connectivity index (χ0v) is 18.0. The van der Waals surface area contributed by atoms with Gasteiger partial charge in [0.2, 0.25) is 11.8 Å². The second-order valence-electron chi connectivity index (χ2n) is 7.54. The first-order valence-corrected chi connectivity index (χ1v) is 11.2. The number of benzene rings is 1. The van der Waals surface area contributed by atoms with E-state index in [1.54, 1.807) is 6.33 Å². The highest BCUT2D eigenvalue weighted by molar-refractivity contribution is 7.99. The SMILES string of the molecule is Cc1ccc(-n2cnnc2SCC(=O)N2CCN(C(=O)C3CCC3)CC2)cc1Cl. The summed E-state index contributed by atoms with van der Waals surface area (Å²) in [5.74, 6) is 0.828. The predicted molar refractivity (Wildman–Crippen MR) is 112 cm³/mol. The lowest BCUT2D eigenvalue weighted by atomic mass is 9.84. The number of rotatable bonds is 5. The largest absolute Gasteiger partial charge is 0.339 e. The van der Waals surface area contributed by atoms with Crippen molar-refractivity contribution in [3.8, 4) is 5.69 Å². The van der Waals surface area contributed by atoms with Crippen LogP contribution in [-0.4, -0.2) is 68.3 Å². The van der Waals surface area contributed by atoms with Gasteiger partial charge >= 0.3 is 0 Å². The van der Waals surface area contributed by atoms with Gasteiger partial charge in [-0.05, 0) is 37.5 Å². The molecule has 9 heteroatoms. The van der Waals surface area contributed by atoms with Crippen LogP contribution >= 0.6 is 23.4 Å². The number of hydrogen-bond acceptors (Lipinski definition) is 5. The number of thioether (sulfide) groups is 1. The third-order valence-electron chi connectivity index (χ3n) is 5.67. The summed E-state index contributed by atoms with van der Waals surface area (Å²) >= 11 is 7.59. The van der Waals surface area contributed by atoms with Crippen molar-refractivity contribution in [2.24, 2.45) is 5.92 Å². The first-order valence-electron chi connectivity index (χ1n) is 9.89. The molecule has 2 aliphatic rings. The van der Waals surface area contributed by atoms with Crippen LogP contribution in [0.1, 0.15) is 24.8 Å². The number of amides is 2. The smallest absolute Gasteiger partial charge is 0.233 e. The summed E-state index contributed by atoms with van der Waals surface area (Å²) in [7, 11) is 0. The fourth-order valence-electron chi connectivity index (χ4n) is 3.54. The van der Waals surface area contributed by atoms with Gasteiger partial charge in [-0.2, -0.15) is 0 Å².